The van der Waals surface area contributed by atoms with Gasteiger partial charge in [0.05, 0.1) is 12.7 Å². The minimum absolute atomic E-state index is 0.121. The molecule has 0 aliphatic carbocycles. The molecule has 0 saturated carbocycles. The number of aromatic nitrogens is 2. The highest BCUT2D eigenvalue weighted by molar-refractivity contribution is 5.96. The maximum absolute atomic E-state index is 16.4. The molecular weight excluding hydrogens is 462 g/mol. The smallest absolute Gasteiger partial charge is 0.228 e. The van der Waals surface area contributed by atoms with Crippen molar-refractivity contribution >= 4 is 22.7 Å². The molecule has 4 heterocycles. The summed E-state index contributed by atoms with van der Waals surface area (Å²) in [6.45, 7) is 5.02. The van der Waals surface area contributed by atoms with E-state index in [1.165, 1.54) is 13.2 Å². The van der Waals surface area contributed by atoms with Gasteiger partial charge in [-0.25, -0.2) is 13.8 Å². The fourth-order valence-electron chi connectivity index (χ4n) is 5.85. The number of nitrogens with zero attached hydrogens (tertiary/aromatic N) is 5. The van der Waals surface area contributed by atoms with Crippen LogP contribution in [-0.4, -0.2) is 80.4 Å². The van der Waals surface area contributed by atoms with Gasteiger partial charge in [0.25, 0.3) is 0 Å². The van der Waals surface area contributed by atoms with Gasteiger partial charge >= 0.3 is 0 Å². The van der Waals surface area contributed by atoms with Crippen molar-refractivity contribution in [2.75, 3.05) is 57.2 Å². The van der Waals surface area contributed by atoms with Gasteiger partial charge in [0.15, 0.2) is 5.82 Å². The number of fused-ring (bicyclic) bond motifs is 3. The van der Waals surface area contributed by atoms with Gasteiger partial charge in [0.1, 0.15) is 22.9 Å². The van der Waals surface area contributed by atoms with E-state index in [1.54, 1.807) is 19.1 Å². The van der Waals surface area contributed by atoms with Crippen molar-refractivity contribution in [3.05, 3.63) is 41.5 Å². The second-order valence-electron chi connectivity index (χ2n) is 10.5. The summed E-state index contributed by atoms with van der Waals surface area (Å²) in [5, 5.41) is 4.32. The third-order valence-corrected chi connectivity index (χ3v) is 7.93. The van der Waals surface area contributed by atoms with Crippen LogP contribution in [0.5, 0.6) is 5.75 Å². The summed E-state index contributed by atoms with van der Waals surface area (Å²) < 4.78 is 36.9. The van der Waals surface area contributed by atoms with E-state index in [2.05, 4.69) is 34.1 Å². The van der Waals surface area contributed by atoms with Crippen molar-refractivity contribution in [3.8, 4) is 16.9 Å². The molecule has 7 nitrogen and oxygen atoms in total. The number of hydrogen-bond acceptors (Lipinski definition) is 7. The molecule has 0 spiro atoms. The van der Waals surface area contributed by atoms with E-state index in [0.717, 1.165) is 44.8 Å². The first-order valence-electron chi connectivity index (χ1n) is 12.6. The molecule has 2 bridgehead atoms. The van der Waals surface area contributed by atoms with Crippen LogP contribution in [0.25, 0.3) is 22.0 Å². The van der Waals surface area contributed by atoms with Gasteiger partial charge in [0, 0.05) is 55.3 Å². The van der Waals surface area contributed by atoms with Gasteiger partial charge in [-0.15, -0.1) is 0 Å². The Morgan fingerprint density at radius 3 is 2.39 bits per heavy atom. The zero-order chi connectivity index (χ0) is 25.1. The predicted octanol–water partition coefficient (Wildman–Crippen LogP) is 3.58. The number of halogens is 2. The number of ether oxygens (including phenoxy) is 1. The zero-order valence-electron chi connectivity index (χ0n) is 21.2. The van der Waals surface area contributed by atoms with Crippen LogP contribution in [0.4, 0.5) is 20.5 Å². The summed E-state index contributed by atoms with van der Waals surface area (Å²) in [5.41, 5.74) is 1.15. The van der Waals surface area contributed by atoms with Gasteiger partial charge in [-0.2, -0.15) is 4.98 Å². The fraction of sp³-hybridized carbons (Fsp3) is 0.481. The molecule has 9 heteroatoms. The number of methoxy groups -OCH3 is 1. The van der Waals surface area contributed by atoms with Crippen molar-refractivity contribution < 1.29 is 13.5 Å². The number of aryl methyl sites for hydroxylation is 1. The minimum Gasteiger partial charge on any atom is -0.496 e. The van der Waals surface area contributed by atoms with E-state index >= 15 is 8.78 Å². The first-order chi connectivity index (χ1) is 17.3. The SMILES string of the molecule is COc1cccc(F)c1-c1c(C)cc2c(N3CC4CCC(C3)N4)nc(N3CC(N(C)C)C3)nc2c1F. The first kappa shape index (κ1) is 23.4. The molecule has 1 aromatic heterocycles. The molecule has 2 unspecified atom stereocenters. The quantitative estimate of drug-likeness (QED) is 0.582. The molecular formula is C27H32F2N6O. The lowest BCUT2D eigenvalue weighted by molar-refractivity contribution is 0.245. The minimum atomic E-state index is -0.541. The molecule has 2 atom stereocenters. The Hall–Kier alpha value is -3.04. The molecule has 2 aromatic carbocycles. The average molecular weight is 495 g/mol. The summed E-state index contributed by atoms with van der Waals surface area (Å²) >= 11 is 0. The maximum Gasteiger partial charge on any atom is 0.228 e. The zero-order valence-corrected chi connectivity index (χ0v) is 21.2. The summed E-state index contributed by atoms with van der Waals surface area (Å²) in [6, 6.07) is 7.67. The van der Waals surface area contributed by atoms with Gasteiger partial charge in [-0.3, -0.25) is 0 Å². The van der Waals surface area contributed by atoms with Crippen LogP contribution < -0.4 is 19.9 Å². The Labute approximate surface area is 210 Å². The Morgan fingerprint density at radius 1 is 1.00 bits per heavy atom. The molecule has 0 amide bonds. The second kappa shape index (κ2) is 8.81. The van der Waals surface area contributed by atoms with E-state index in [1.807, 2.05) is 6.07 Å². The van der Waals surface area contributed by atoms with Crippen LogP contribution in [0, 0.1) is 18.6 Å². The monoisotopic (exact) mass is 494 g/mol. The Balaban J connectivity index is 1.54. The van der Waals surface area contributed by atoms with Crippen LogP contribution in [0.1, 0.15) is 18.4 Å². The lowest BCUT2D eigenvalue weighted by Crippen LogP contribution is -2.58. The summed E-state index contributed by atoms with van der Waals surface area (Å²) in [5.74, 6) is 0.508. The molecule has 3 aliphatic rings. The van der Waals surface area contributed by atoms with Gasteiger partial charge in [-0.1, -0.05) is 6.07 Å². The van der Waals surface area contributed by atoms with Crippen LogP contribution in [0.15, 0.2) is 24.3 Å². The third kappa shape index (κ3) is 3.76. The second-order valence-corrected chi connectivity index (χ2v) is 10.5. The molecule has 36 heavy (non-hydrogen) atoms. The topological polar surface area (TPSA) is 56.8 Å². The van der Waals surface area contributed by atoms with Crippen molar-refractivity contribution in [2.24, 2.45) is 0 Å². The highest BCUT2D eigenvalue weighted by atomic mass is 19.1. The maximum atomic E-state index is 16.4. The van der Waals surface area contributed by atoms with Crippen molar-refractivity contribution in [1.82, 2.24) is 20.2 Å². The van der Waals surface area contributed by atoms with Crippen LogP contribution in [-0.2, 0) is 0 Å². The number of hydrogen-bond donors (Lipinski definition) is 1. The van der Waals surface area contributed by atoms with E-state index in [4.69, 9.17) is 14.7 Å². The van der Waals surface area contributed by atoms with Crippen LogP contribution >= 0.6 is 0 Å². The molecule has 1 N–H and O–H groups in total. The summed E-state index contributed by atoms with van der Waals surface area (Å²) in [6.07, 6.45) is 2.27. The highest BCUT2D eigenvalue weighted by Crippen LogP contribution is 2.41. The number of likely N-dealkylation sites (N-methyl/N-ethyl adjacent to an activating group) is 1. The van der Waals surface area contributed by atoms with E-state index in [0.29, 0.717) is 40.8 Å². The van der Waals surface area contributed by atoms with E-state index in [-0.39, 0.29) is 16.6 Å². The average Bonchev–Trinajstić information content (AvgIpc) is 3.16. The highest BCUT2D eigenvalue weighted by Gasteiger charge is 2.36. The van der Waals surface area contributed by atoms with Crippen molar-refractivity contribution in [2.45, 2.75) is 37.9 Å². The van der Waals surface area contributed by atoms with Gasteiger partial charge in [-0.05, 0) is 57.6 Å². The predicted molar refractivity (Wildman–Crippen MR) is 138 cm³/mol. The number of anilines is 2. The lowest BCUT2D eigenvalue weighted by atomic mass is 9.96. The number of benzene rings is 2. The lowest BCUT2D eigenvalue weighted by Gasteiger charge is -2.43. The van der Waals surface area contributed by atoms with Crippen LogP contribution in [0.3, 0.4) is 0 Å². The standard InChI is InChI=1S/C27H32F2N6O/c1-15-10-19-25(24(29)22(15)23-20(28)6-5-7-21(23)36-4)31-27(35-13-18(14-35)33(2)3)32-26(19)34-11-16-8-9-17(12-34)30-16/h5-7,10,16-18,30H,8-9,11-14H2,1-4H3. The number of piperazine rings is 1. The van der Waals surface area contributed by atoms with E-state index < -0.39 is 11.6 Å². The Bertz CT molecular complexity index is 1310. The van der Waals surface area contributed by atoms with Gasteiger partial charge in [0.2, 0.25) is 5.95 Å². The summed E-state index contributed by atoms with van der Waals surface area (Å²) in [7, 11) is 5.58. The van der Waals surface area contributed by atoms with Gasteiger partial charge < -0.3 is 24.8 Å². The Morgan fingerprint density at radius 2 is 1.72 bits per heavy atom. The normalized spacial score (nSPS) is 22.0. The van der Waals surface area contributed by atoms with Crippen LogP contribution in [0.2, 0.25) is 0 Å². The Kier molecular flexibility index (Phi) is 5.72. The third-order valence-electron chi connectivity index (χ3n) is 7.93. The fourth-order valence-corrected chi connectivity index (χ4v) is 5.85. The molecule has 3 saturated heterocycles. The largest absolute Gasteiger partial charge is 0.496 e. The molecule has 3 aromatic rings. The number of nitrogens with one attached hydrogen (secondary N) is 1. The van der Waals surface area contributed by atoms with Crippen molar-refractivity contribution in [1.29, 1.82) is 0 Å². The molecule has 3 fully saturated rings. The molecule has 0 radical (unpaired) electrons. The van der Waals surface area contributed by atoms with E-state index in [9.17, 15) is 0 Å². The van der Waals surface area contributed by atoms with Crippen molar-refractivity contribution in [3.63, 3.8) is 0 Å². The molecule has 3 aliphatic heterocycles. The first-order valence-corrected chi connectivity index (χ1v) is 12.6. The molecule has 6 rings (SSSR count). The summed E-state index contributed by atoms with van der Waals surface area (Å²) in [4.78, 5) is 16.3. The number of rotatable bonds is 5. The molecule has 190 valence electrons.